The molecule has 5 heteroatoms. The van der Waals surface area contributed by atoms with Crippen molar-refractivity contribution < 1.29 is 9.18 Å². The second-order valence-electron chi connectivity index (χ2n) is 4.66. The maximum absolute atomic E-state index is 13.5. The second-order valence-corrected chi connectivity index (χ2v) is 6.11. The van der Waals surface area contributed by atoms with Gasteiger partial charge in [-0.2, -0.15) is 0 Å². The molecule has 2 rings (SSSR count). The molecule has 0 N–H and O–H groups in total. The minimum atomic E-state index is -0.543. The Morgan fingerprint density at radius 3 is 2.78 bits per heavy atom. The molecule has 2 heterocycles. The van der Waals surface area contributed by atoms with Crippen LogP contribution >= 0.6 is 15.9 Å². The smallest absolute Gasteiger partial charge is 0.256 e. The van der Waals surface area contributed by atoms with E-state index in [0.29, 0.717) is 23.8 Å². The number of aromatic nitrogens is 1. The van der Waals surface area contributed by atoms with Crippen LogP contribution < -0.4 is 0 Å². The Kier molecular flexibility index (Phi) is 4.32. The third-order valence-electron chi connectivity index (χ3n) is 3.48. The molecule has 0 radical (unpaired) electrons. The summed E-state index contributed by atoms with van der Waals surface area (Å²) in [6.45, 7) is 3.52. The molecule has 18 heavy (non-hydrogen) atoms. The monoisotopic (exact) mass is 314 g/mol. The molecule has 3 nitrogen and oxygen atoms in total. The van der Waals surface area contributed by atoms with Gasteiger partial charge in [0.25, 0.3) is 5.91 Å². The van der Waals surface area contributed by atoms with E-state index in [4.69, 9.17) is 0 Å². The van der Waals surface area contributed by atoms with E-state index in [1.165, 1.54) is 12.3 Å². The van der Waals surface area contributed by atoms with Crippen molar-refractivity contribution in [2.45, 2.75) is 24.6 Å². The molecule has 1 fully saturated rings. The number of likely N-dealkylation sites (tertiary alicyclic amines) is 1. The summed E-state index contributed by atoms with van der Waals surface area (Å²) in [7, 11) is 0. The van der Waals surface area contributed by atoms with Gasteiger partial charge in [-0.05, 0) is 24.8 Å². The Morgan fingerprint density at radius 1 is 1.56 bits per heavy atom. The molecule has 1 aromatic heterocycles. The zero-order chi connectivity index (χ0) is 13.1. The molecule has 0 saturated carbocycles. The molecule has 0 spiro atoms. The molecule has 1 saturated heterocycles. The number of amides is 1. The van der Waals surface area contributed by atoms with Gasteiger partial charge >= 0.3 is 0 Å². The van der Waals surface area contributed by atoms with E-state index in [1.54, 1.807) is 4.90 Å². The first-order valence-corrected chi connectivity index (χ1v) is 7.04. The first kappa shape index (κ1) is 13.5. The van der Waals surface area contributed by atoms with Gasteiger partial charge in [0.2, 0.25) is 0 Å². The summed E-state index contributed by atoms with van der Waals surface area (Å²) < 4.78 is 13.5. The summed E-state index contributed by atoms with van der Waals surface area (Å²) in [5, 5.41) is 0. The number of piperidine rings is 1. The topological polar surface area (TPSA) is 33.2 Å². The summed E-state index contributed by atoms with van der Waals surface area (Å²) >= 11 is 3.58. The Bertz CT molecular complexity index is 431. The highest BCUT2D eigenvalue weighted by atomic mass is 79.9. The van der Waals surface area contributed by atoms with Crippen molar-refractivity contribution in [1.82, 2.24) is 9.88 Å². The van der Waals surface area contributed by atoms with Gasteiger partial charge in [-0.15, -0.1) is 0 Å². The highest BCUT2D eigenvalue weighted by Gasteiger charge is 2.26. The van der Waals surface area contributed by atoms with E-state index >= 15 is 0 Å². The highest BCUT2D eigenvalue weighted by molar-refractivity contribution is 9.09. The molecule has 0 aliphatic carbocycles. The first-order chi connectivity index (χ1) is 8.59. The zero-order valence-electron chi connectivity index (χ0n) is 10.3. The molecule has 1 aromatic rings. The van der Waals surface area contributed by atoms with Crippen molar-refractivity contribution in [3.05, 3.63) is 29.8 Å². The van der Waals surface area contributed by atoms with Gasteiger partial charge in [-0.3, -0.25) is 9.78 Å². The fourth-order valence-corrected chi connectivity index (χ4v) is 2.81. The zero-order valence-corrected chi connectivity index (χ0v) is 11.9. The number of halogens is 2. The average Bonchev–Trinajstić information content (AvgIpc) is 2.38. The van der Waals surface area contributed by atoms with Crippen LogP contribution in [0.4, 0.5) is 4.39 Å². The Labute approximate surface area is 115 Å². The van der Waals surface area contributed by atoms with Gasteiger partial charge in [0.05, 0.1) is 11.8 Å². The van der Waals surface area contributed by atoms with Gasteiger partial charge in [0.1, 0.15) is 0 Å². The van der Waals surface area contributed by atoms with Crippen LogP contribution in [0.2, 0.25) is 0 Å². The van der Waals surface area contributed by atoms with Crippen LogP contribution in [0.15, 0.2) is 18.5 Å². The minimum absolute atomic E-state index is 0.121. The SMILES string of the molecule is CC(Br)C1CCN(C(=O)c2ccncc2F)CC1. The quantitative estimate of drug-likeness (QED) is 0.786. The number of nitrogens with zero attached hydrogens (tertiary/aromatic N) is 2. The standard InChI is InChI=1S/C13H16BrFN2O/c1-9(14)10-3-6-17(7-4-10)13(18)11-2-5-16-8-12(11)15/h2,5,8-10H,3-4,6-7H2,1H3. The van der Waals surface area contributed by atoms with Crippen molar-refractivity contribution >= 4 is 21.8 Å². The van der Waals surface area contributed by atoms with Crippen molar-refractivity contribution in [3.63, 3.8) is 0 Å². The van der Waals surface area contributed by atoms with E-state index in [1.807, 2.05) is 0 Å². The van der Waals surface area contributed by atoms with E-state index < -0.39 is 5.82 Å². The normalized spacial score (nSPS) is 18.7. The van der Waals surface area contributed by atoms with Crippen molar-refractivity contribution in [3.8, 4) is 0 Å². The van der Waals surface area contributed by atoms with Crippen molar-refractivity contribution in [2.24, 2.45) is 5.92 Å². The minimum Gasteiger partial charge on any atom is -0.339 e. The third kappa shape index (κ3) is 2.88. The summed E-state index contributed by atoms with van der Waals surface area (Å²) in [5.74, 6) is -0.176. The molecule has 1 unspecified atom stereocenters. The van der Waals surface area contributed by atoms with Crippen LogP contribution in [0, 0.1) is 11.7 Å². The fraction of sp³-hybridized carbons (Fsp3) is 0.538. The maximum Gasteiger partial charge on any atom is 0.256 e. The summed E-state index contributed by atoms with van der Waals surface area (Å²) in [6.07, 6.45) is 4.46. The van der Waals surface area contributed by atoms with Gasteiger partial charge in [0.15, 0.2) is 5.82 Å². The van der Waals surface area contributed by atoms with Crippen molar-refractivity contribution in [1.29, 1.82) is 0 Å². The Balaban J connectivity index is 2.02. The molecule has 1 aliphatic rings. The molecule has 1 aliphatic heterocycles. The predicted molar refractivity (Wildman–Crippen MR) is 71.2 cm³/mol. The van der Waals surface area contributed by atoms with Gasteiger partial charge in [-0.25, -0.2) is 4.39 Å². The van der Waals surface area contributed by atoms with Crippen LogP contribution in [0.1, 0.15) is 30.1 Å². The number of alkyl halides is 1. The number of pyridine rings is 1. The third-order valence-corrected chi connectivity index (χ3v) is 4.23. The van der Waals surface area contributed by atoms with Crippen LogP contribution in [0.5, 0.6) is 0 Å². The lowest BCUT2D eigenvalue weighted by molar-refractivity contribution is 0.0686. The van der Waals surface area contributed by atoms with Crippen LogP contribution in [0.25, 0.3) is 0 Å². The number of carbonyl (C=O) groups is 1. The summed E-state index contributed by atoms with van der Waals surface area (Å²) in [4.78, 5) is 18.0. The Morgan fingerprint density at radius 2 is 2.22 bits per heavy atom. The number of carbonyl (C=O) groups excluding carboxylic acids is 1. The first-order valence-electron chi connectivity index (χ1n) is 6.12. The molecular formula is C13H16BrFN2O. The lowest BCUT2D eigenvalue weighted by Crippen LogP contribution is -2.40. The number of hydrogen-bond acceptors (Lipinski definition) is 2. The molecule has 1 amide bonds. The van der Waals surface area contributed by atoms with Gasteiger partial charge in [-0.1, -0.05) is 22.9 Å². The van der Waals surface area contributed by atoms with Crippen molar-refractivity contribution in [2.75, 3.05) is 13.1 Å². The molecular weight excluding hydrogens is 299 g/mol. The van der Waals surface area contributed by atoms with E-state index in [2.05, 4.69) is 27.8 Å². The van der Waals surface area contributed by atoms with Gasteiger partial charge < -0.3 is 4.90 Å². The lowest BCUT2D eigenvalue weighted by atomic mass is 9.94. The molecule has 0 aromatic carbocycles. The predicted octanol–water partition coefficient (Wildman–Crippen LogP) is 2.86. The molecule has 0 bridgehead atoms. The van der Waals surface area contributed by atoms with Crippen LogP contribution in [-0.2, 0) is 0 Å². The second kappa shape index (κ2) is 5.78. The Hall–Kier alpha value is -0.970. The average molecular weight is 315 g/mol. The number of rotatable bonds is 2. The maximum atomic E-state index is 13.5. The number of hydrogen-bond donors (Lipinski definition) is 0. The molecule has 1 atom stereocenters. The molecule has 98 valence electrons. The van der Waals surface area contributed by atoms with E-state index in [0.717, 1.165) is 19.0 Å². The summed E-state index contributed by atoms with van der Waals surface area (Å²) in [5.41, 5.74) is 0.121. The van der Waals surface area contributed by atoms with E-state index in [9.17, 15) is 9.18 Å². The van der Waals surface area contributed by atoms with Crippen LogP contribution in [0.3, 0.4) is 0 Å². The van der Waals surface area contributed by atoms with Gasteiger partial charge in [0, 0.05) is 24.1 Å². The summed E-state index contributed by atoms with van der Waals surface area (Å²) in [6, 6.07) is 1.44. The lowest BCUT2D eigenvalue weighted by Gasteiger charge is -2.33. The fourth-order valence-electron chi connectivity index (χ4n) is 2.28. The van der Waals surface area contributed by atoms with Crippen LogP contribution in [-0.4, -0.2) is 33.7 Å². The largest absolute Gasteiger partial charge is 0.339 e. The highest BCUT2D eigenvalue weighted by Crippen LogP contribution is 2.25. The van der Waals surface area contributed by atoms with E-state index in [-0.39, 0.29) is 11.5 Å².